The van der Waals surface area contributed by atoms with Crippen LogP contribution < -0.4 is 0 Å². The number of rotatable bonds is 1. The first kappa shape index (κ1) is 10.9. The molecular weight excluding hydrogens is 250 g/mol. The molecule has 0 amide bonds. The zero-order chi connectivity index (χ0) is 12.7. The largest absolute Gasteiger partial charge is 0.283 e. The Morgan fingerprint density at radius 3 is 2.79 bits per heavy atom. The van der Waals surface area contributed by atoms with E-state index >= 15 is 0 Å². The molecule has 0 fully saturated rings. The predicted molar refractivity (Wildman–Crippen MR) is 82.5 cm³/mol. The normalized spacial score (nSPS) is 14.2. The van der Waals surface area contributed by atoms with Gasteiger partial charge in [-0.1, -0.05) is 42.5 Å². The van der Waals surface area contributed by atoms with Crippen molar-refractivity contribution in [2.24, 2.45) is 4.99 Å². The summed E-state index contributed by atoms with van der Waals surface area (Å²) in [5, 5.41) is 4.82. The van der Waals surface area contributed by atoms with E-state index < -0.39 is 0 Å². The van der Waals surface area contributed by atoms with Gasteiger partial charge in [-0.3, -0.25) is 4.99 Å². The Balaban J connectivity index is 1.99. The molecule has 4 rings (SSSR count). The lowest BCUT2D eigenvalue weighted by Crippen LogP contribution is -2.13. The number of fused-ring (bicyclic) bond motifs is 3. The van der Waals surface area contributed by atoms with Crippen molar-refractivity contribution in [3.05, 3.63) is 69.9 Å². The molecule has 0 saturated heterocycles. The molecule has 0 aliphatic carbocycles. The Morgan fingerprint density at radius 2 is 1.89 bits per heavy atom. The molecule has 0 atom stereocenters. The van der Waals surface area contributed by atoms with E-state index in [0.717, 1.165) is 13.0 Å². The molecule has 92 valence electrons. The highest BCUT2D eigenvalue weighted by molar-refractivity contribution is 7.12. The molecule has 0 bridgehead atoms. The molecule has 1 nitrogen and oxygen atoms in total. The van der Waals surface area contributed by atoms with Crippen LogP contribution in [0.3, 0.4) is 0 Å². The monoisotopic (exact) mass is 263 g/mol. The van der Waals surface area contributed by atoms with Gasteiger partial charge < -0.3 is 0 Å². The lowest BCUT2D eigenvalue weighted by molar-refractivity contribution is 0.954. The van der Waals surface area contributed by atoms with Gasteiger partial charge in [-0.2, -0.15) is 0 Å². The summed E-state index contributed by atoms with van der Waals surface area (Å²) in [5.74, 6) is 0. The van der Waals surface area contributed by atoms with Crippen molar-refractivity contribution in [3.8, 4) is 0 Å². The maximum absolute atomic E-state index is 4.75. The standard InChI is InChI=1S/C17H13NS/c1-2-5-13-12(4-1)7-8-15-14(13)9-10-18-17(15)16-6-3-11-19-16/h1-8,11H,9-10H2. The van der Waals surface area contributed by atoms with E-state index in [4.69, 9.17) is 4.99 Å². The number of nitrogens with zero attached hydrogens (tertiary/aromatic N) is 1. The summed E-state index contributed by atoms with van der Waals surface area (Å²) in [4.78, 5) is 6.02. The second kappa shape index (κ2) is 4.32. The van der Waals surface area contributed by atoms with Crippen LogP contribution >= 0.6 is 11.3 Å². The third-order valence-corrected chi connectivity index (χ3v) is 4.56. The van der Waals surface area contributed by atoms with Crippen LogP contribution in [0.15, 0.2) is 58.9 Å². The quantitative estimate of drug-likeness (QED) is 0.621. The van der Waals surface area contributed by atoms with Crippen LogP contribution in [0.4, 0.5) is 0 Å². The minimum absolute atomic E-state index is 0.897. The Bertz CT molecular complexity index is 769. The summed E-state index contributed by atoms with van der Waals surface area (Å²) in [6.45, 7) is 0.897. The molecule has 1 aliphatic rings. The van der Waals surface area contributed by atoms with Crippen molar-refractivity contribution in [2.75, 3.05) is 6.54 Å². The van der Waals surface area contributed by atoms with Gasteiger partial charge in [0.2, 0.25) is 0 Å². The number of hydrogen-bond donors (Lipinski definition) is 0. The Morgan fingerprint density at radius 1 is 0.947 bits per heavy atom. The van der Waals surface area contributed by atoms with Gasteiger partial charge in [-0.05, 0) is 34.2 Å². The molecule has 0 N–H and O–H groups in total. The highest BCUT2D eigenvalue weighted by Gasteiger charge is 2.18. The molecule has 0 saturated carbocycles. The molecule has 3 aromatic rings. The summed E-state index contributed by atoms with van der Waals surface area (Å²) >= 11 is 1.77. The molecule has 1 aromatic heterocycles. The topological polar surface area (TPSA) is 12.4 Å². The van der Waals surface area contributed by atoms with Crippen molar-refractivity contribution in [1.29, 1.82) is 0 Å². The van der Waals surface area contributed by atoms with E-state index in [1.54, 1.807) is 11.3 Å². The fraction of sp³-hybridized carbons (Fsp3) is 0.118. The van der Waals surface area contributed by atoms with Crippen LogP contribution in [-0.4, -0.2) is 12.3 Å². The van der Waals surface area contributed by atoms with Gasteiger partial charge in [0, 0.05) is 12.1 Å². The molecule has 0 spiro atoms. The average molecular weight is 263 g/mol. The third-order valence-electron chi connectivity index (χ3n) is 3.68. The molecule has 2 heterocycles. The second-order valence-electron chi connectivity index (χ2n) is 4.77. The van der Waals surface area contributed by atoms with Crippen molar-refractivity contribution in [1.82, 2.24) is 0 Å². The summed E-state index contributed by atoms with van der Waals surface area (Å²) < 4.78 is 0. The highest BCUT2D eigenvalue weighted by Crippen LogP contribution is 2.29. The molecule has 1 aliphatic heterocycles. The Hall–Kier alpha value is -1.93. The second-order valence-corrected chi connectivity index (χ2v) is 5.72. The van der Waals surface area contributed by atoms with Crippen LogP contribution in [0.5, 0.6) is 0 Å². The minimum atomic E-state index is 0.897. The van der Waals surface area contributed by atoms with E-state index in [1.807, 2.05) is 0 Å². The number of hydrogen-bond acceptors (Lipinski definition) is 2. The average Bonchev–Trinajstić information content (AvgIpc) is 3.00. The van der Waals surface area contributed by atoms with Gasteiger partial charge in [-0.15, -0.1) is 11.3 Å². The first-order valence-electron chi connectivity index (χ1n) is 6.53. The maximum Gasteiger partial charge on any atom is 0.0821 e. The van der Waals surface area contributed by atoms with Crippen molar-refractivity contribution < 1.29 is 0 Å². The van der Waals surface area contributed by atoms with Crippen LogP contribution in [0.25, 0.3) is 10.8 Å². The van der Waals surface area contributed by atoms with E-state index in [0.29, 0.717) is 0 Å². The van der Waals surface area contributed by atoms with Gasteiger partial charge >= 0.3 is 0 Å². The Labute approximate surface area is 116 Å². The highest BCUT2D eigenvalue weighted by atomic mass is 32.1. The van der Waals surface area contributed by atoms with Crippen molar-refractivity contribution in [3.63, 3.8) is 0 Å². The molecule has 2 aromatic carbocycles. The SMILES string of the molecule is c1csc(C2=NCCc3c2ccc2ccccc32)c1. The fourth-order valence-corrected chi connectivity index (χ4v) is 3.56. The van der Waals surface area contributed by atoms with Crippen LogP contribution in [0.2, 0.25) is 0 Å². The molecule has 19 heavy (non-hydrogen) atoms. The summed E-state index contributed by atoms with van der Waals surface area (Å²) in [6, 6.07) is 17.3. The van der Waals surface area contributed by atoms with Crippen molar-refractivity contribution >= 4 is 27.8 Å². The van der Waals surface area contributed by atoms with Gasteiger partial charge in [0.25, 0.3) is 0 Å². The number of thiophene rings is 1. The number of aliphatic imine (C=N–C) groups is 1. The predicted octanol–water partition coefficient (Wildman–Crippen LogP) is 4.29. The molecule has 2 heteroatoms. The fourth-order valence-electron chi connectivity index (χ4n) is 2.82. The Kier molecular flexibility index (Phi) is 2.49. The lowest BCUT2D eigenvalue weighted by atomic mass is 9.91. The first-order chi connectivity index (χ1) is 9.43. The minimum Gasteiger partial charge on any atom is -0.283 e. The van der Waals surface area contributed by atoms with Gasteiger partial charge in [0.1, 0.15) is 0 Å². The third kappa shape index (κ3) is 1.71. The summed E-state index contributed by atoms with van der Waals surface area (Å²) in [6.07, 6.45) is 1.05. The first-order valence-corrected chi connectivity index (χ1v) is 7.41. The smallest absolute Gasteiger partial charge is 0.0821 e. The molecule has 0 radical (unpaired) electrons. The summed E-state index contributed by atoms with van der Waals surface area (Å²) in [7, 11) is 0. The maximum atomic E-state index is 4.75. The van der Waals surface area contributed by atoms with Gasteiger partial charge in [0.05, 0.1) is 10.6 Å². The summed E-state index contributed by atoms with van der Waals surface area (Å²) in [5.41, 5.74) is 3.94. The number of benzene rings is 2. The van der Waals surface area contributed by atoms with E-state index in [2.05, 4.69) is 53.9 Å². The van der Waals surface area contributed by atoms with Crippen LogP contribution in [0, 0.1) is 0 Å². The van der Waals surface area contributed by atoms with Crippen LogP contribution in [0.1, 0.15) is 16.0 Å². The molecular formula is C17H13NS. The van der Waals surface area contributed by atoms with Crippen LogP contribution in [-0.2, 0) is 6.42 Å². The van der Waals surface area contributed by atoms with Gasteiger partial charge in [-0.25, -0.2) is 0 Å². The van der Waals surface area contributed by atoms with E-state index in [9.17, 15) is 0 Å². The van der Waals surface area contributed by atoms with E-state index in [-0.39, 0.29) is 0 Å². The van der Waals surface area contributed by atoms with Crippen molar-refractivity contribution in [2.45, 2.75) is 6.42 Å². The molecule has 0 unspecified atom stereocenters. The zero-order valence-electron chi connectivity index (χ0n) is 10.5. The zero-order valence-corrected chi connectivity index (χ0v) is 11.3. The lowest BCUT2D eigenvalue weighted by Gasteiger charge is -2.18. The van der Waals surface area contributed by atoms with E-state index in [1.165, 1.54) is 32.5 Å². The van der Waals surface area contributed by atoms with Gasteiger partial charge in [0.15, 0.2) is 0 Å².